The van der Waals surface area contributed by atoms with Crippen LogP contribution in [0.1, 0.15) is 13.3 Å². The van der Waals surface area contributed by atoms with Crippen molar-refractivity contribution >= 4 is 10.0 Å². The summed E-state index contributed by atoms with van der Waals surface area (Å²) in [5.74, 6) is 0.723. The summed E-state index contributed by atoms with van der Waals surface area (Å²) in [6.45, 7) is 3.72. The number of hydrogen-bond donors (Lipinski definition) is 2. The summed E-state index contributed by atoms with van der Waals surface area (Å²) in [7, 11) is -3.40. The lowest BCUT2D eigenvalue weighted by atomic mass is 9.88. The molecule has 1 fully saturated rings. The van der Waals surface area contributed by atoms with E-state index in [2.05, 4.69) is 17.1 Å². The molecule has 2 rings (SSSR count). The maximum Gasteiger partial charge on any atom is 0.246 e. The topological polar surface area (TPSA) is 92.1 Å². The molecule has 0 saturated carbocycles. The minimum atomic E-state index is -3.40. The quantitative estimate of drug-likeness (QED) is 0.799. The van der Waals surface area contributed by atoms with E-state index in [0.29, 0.717) is 25.6 Å². The monoisotopic (exact) mass is 258 g/mol. The molecule has 0 radical (unpaired) electrons. The van der Waals surface area contributed by atoms with Gasteiger partial charge in [-0.2, -0.15) is 9.40 Å². The Bertz CT molecular complexity index is 457. The molecular weight excluding hydrogens is 240 g/mol. The highest BCUT2D eigenvalue weighted by Crippen LogP contribution is 2.26. The van der Waals surface area contributed by atoms with Crippen molar-refractivity contribution in [2.45, 2.75) is 18.2 Å². The highest BCUT2D eigenvalue weighted by molar-refractivity contribution is 7.89. The summed E-state index contributed by atoms with van der Waals surface area (Å²) in [5.41, 5.74) is 5.68. The Balaban J connectivity index is 2.19. The molecule has 2 heterocycles. The number of rotatable bonds is 3. The fourth-order valence-corrected chi connectivity index (χ4v) is 3.59. The number of nitrogens with two attached hydrogens (primary N) is 1. The van der Waals surface area contributed by atoms with Crippen molar-refractivity contribution < 1.29 is 8.42 Å². The molecule has 2 unspecified atom stereocenters. The van der Waals surface area contributed by atoms with Gasteiger partial charge in [0.25, 0.3) is 0 Å². The van der Waals surface area contributed by atoms with Gasteiger partial charge < -0.3 is 5.73 Å². The van der Waals surface area contributed by atoms with Gasteiger partial charge in [-0.1, -0.05) is 6.92 Å². The molecule has 1 aromatic rings. The van der Waals surface area contributed by atoms with E-state index < -0.39 is 10.0 Å². The molecule has 1 saturated heterocycles. The molecule has 1 aromatic heterocycles. The second-order valence-corrected chi connectivity index (χ2v) is 6.50. The molecular formula is C10H18N4O2S. The highest BCUT2D eigenvalue weighted by Gasteiger charge is 2.33. The number of nitrogens with zero attached hydrogens (tertiary/aromatic N) is 2. The van der Waals surface area contributed by atoms with Crippen molar-refractivity contribution in [2.24, 2.45) is 17.6 Å². The second kappa shape index (κ2) is 4.75. The predicted molar refractivity (Wildman–Crippen MR) is 63.7 cm³/mol. The van der Waals surface area contributed by atoms with Crippen LogP contribution in [0.4, 0.5) is 0 Å². The summed E-state index contributed by atoms with van der Waals surface area (Å²) >= 11 is 0. The first-order valence-electron chi connectivity index (χ1n) is 5.74. The van der Waals surface area contributed by atoms with Gasteiger partial charge in [-0.15, -0.1) is 0 Å². The van der Waals surface area contributed by atoms with Gasteiger partial charge in [0.2, 0.25) is 10.0 Å². The van der Waals surface area contributed by atoms with Crippen LogP contribution < -0.4 is 5.73 Å². The Morgan fingerprint density at radius 2 is 2.41 bits per heavy atom. The third-order valence-corrected chi connectivity index (χ3v) is 5.32. The summed E-state index contributed by atoms with van der Waals surface area (Å²) < 4.78 is 26.0. The first-order chi connectivity index (χ1) is 8.05. The predicted octanol–water partition coefficient (Wildman–Crippen LogP) is 0.0151. The van der Waals surface area contributed by atoms with Gasteiger partial charge in [-0.3, -0.25) is 5.10 Å². The van der Waals surface area contributed by atoms with E-state index in [9.17, 15) is 8.42 Å². The van der Waals surface area contributed by atoms with E-state index >= 15 is 0 Å². The Morgan fingerprint density at radius 1 is 1.65 bits per heavy atom. The molecule has 0 aromatic carbocycles. The molecule has 2 atom stereocenters. The lowest BCUT2D eigenvalue weighted by molar-refractivity contribution is 0.203. The molecule has 0 amide bonds. The highest BCUT2D eigenvalue weighted by atomic mass is 32.2. The fourth-order valence-electron chi connectivity index (χ4n) is 2.17. The van der Waals surface area contributed by atoms with Crippen LogP contribution in [0.5, 0.6) is 0 Å². The van der Waals surface area contributed by atoms with E-state index in [1.807, 2.05) is 0 Å². The molecule has 3 N–H and O–H groups in total. The number of hydrogen-bond acceptors (Lipinski definition) is 4. The largest absolute Gasteiger partial charge is 0.330 e. The zero-order valence-electron chi connectivity index (χ0n) is 9.83. The van der Waals surface area contributed by atoms with Crippen LogP contribution in [0.15, 0.2) is 17.3 Å². The number of H-pyrrole nitrogens is 1. The maximum absolute atomic E-state index is 12.2. The lowest BCUT2D eigenvalue weighted by Crippen LogP contribution is -2.45. The minimum absolute atomic E-state index is 0.225. The van der Waals surface area contributed by atoms with Gasteiger partial charge in [0.15, 0.2) is 0 Å². The molecule has 6 nitrogen and oxygen atoms in total. The van der Waals surface area contributed by atoms with Crippen LogP contribution in [0.2, 0.25) is 0 Å². The van der Waals surface area contributed by atoms with E-state index in [4.69, 9.17) is 5.73 Å². The van der Waals surface area contributed by atoms with Crippen LogP contribution in [0.3, 0.4) is 0 Å². The van der Waals surface area contributed by atoms with E-state index in [1.165, 1.54) is 16.7 Å². The lowest BCUT2D eigenvalue weighted by Gasteiger charge is -2.35. The Kier molecular flexibility index (Phi) is 3.50. The maximum atomic E-state index is 12.2. The average molecular weight is 258 g/mol. The SMILES string of the molecule is CC1CCN(S(=O)(=O)c2cn[nH]c2)CC1CN. The molecule has 0 spiro atoms. The smallest absolute Gasteiger partial charge is 0.246 e. The number of piperidine rings is 1. The molecule has 17 heavy (non-hydrogen) atoms. The zero-order chi connectivity index (χ0) is 12.5. The summed E-state index contributed by atoms with van der Waals surface area (Å²) in [6, 6.07) is 0. The Labute approximate surface area is 101 Å². The molecule has 0 bridgehead atoms. The van der Waals surface area contributed by atoms with Crippen molar-refractivity contribution in [2.75, 3.05) is 19.6 Å². The number of aromatic amines is 1. The van der Waals surface area contributed by atoms with Crippen molar-refractivity contribution in [3.63, 3.8) is 0 Å². The summed E-state index contributed by atoms with van der Waals surface area (Å²) in [6.07, 6.45) is 3.61. The van der Waals surface area contributed by atoms with Gasteiger partial charge in [-0.25, -0.2) is 8.42 Å². The standard InChI is InChI=1S/C10H18N4O2S/c1-8-2-3-14(7-9(8)4-11)17(15,16)10-5-12-13-6-10/h5-6,8-9H,2-4,7,11H2,1H3,(H,12,13). The number of aromatic nitrogens is 2. The van der Waals surface area contributed by atoms with Crippen LogP contribution >= 0.6 is 0 Å². The summed E-state index contributed by atoms with van der Waals surface area (Å²) in [5, 5.41) is 6.21. The number of sulfonamides is 1. The normalized spacial score (nSPS) is 27.2. The second-order valence-electron chi connectivity index (χ2n) is 4.56. The van der Waals surface area contributed by atoms with Crippen molar-refractivity contribution in [3.05, 3.63) is 12.4 Å². The van der Waals surface area contributed by atoms with Gasteiger partial charge in [0, 0.05) is 19.3 Å². The number of nitrogens with one attached hydrogen (secondary N) is 1. The van der Waals surface area contributed by atoms with Gasteiger partial charge in [0.05, 0.1) is 6.20 Å². The fraction of sp³-hybridized carbons (Fsp3) is 0.700. The van der Waals surface area contributed by atoms with Crippen molar-refractivity contribution in [1.29, 1.82) is 0 Å². The van der Waals surface area contributed by atoms with Crippen molar-refractivity contribution in [3.8, 4) is 0 Å². The molecule has 7 heteroatoms. The Hall–Kier alpha value is -0.920. The molecule has 96 valence electrons. The molecule has 1 aliphatic rings. The average Bonchev–Trinajstić information content (AvgIpc) is 2.83. The zero-order valence-corrected chi connectivity index (χ0v) is 10.7. The van der Waals surface area contributed by atoms with Crippen LogP contribution in [-0.4, -0.2) is 42.6 Å². The van der Waals surface area contributed by atoms with Gasteiger partial charge in [-0.05, 0) is 24.8 Å². The molecule has 0 aliphatic carbocycles. The van der Waals surface area contributed by atoms with Crippen LogP contribution in [0, 0.1) is 11.8 Å². The van der Waals surface area contributed by atoms with Crippen LogP contribution in [-0.2, 0) is 10.0 Å². The first-order valence-corrected chi connectivity index (χ1v) is 7.18. The summed E-state index contributed by atoms with van der Waals surface area (Å²) in [4.78, 5) is 0.225. The van der Waals surface area contributed by atoms with Crippen LogP contribution in [0.25, 0.3) is 0 Å². The third-order valence-electron chi connectivity index (χ3n) is 3.49. The first kappa shape index (κ1) is 12.5. The van der Waals surface area contributed by atoms with E-state index in [-0.39, 0.29) is 10.8 Å². The van der Waals surface area contributed by atoms with E-state index in [0.717, 1.165) is 6.42 Å². The minimum Gasteiger partial charge on any atom is -0.330 e. The molecule has 1 aliphatic heterocycles. The van der Waals surface area contributed by atoms with E-state index in [1.54, 1.807) is 0 Å². The van der Waals surface area contributed by atoms with Crippen molar-refractivity contribution in [1.82, 2.24) is 14.5 Å². The van der Waals surface area contributed by atoms with Gasteiger partial charge >= 0.3 is 0 Å². The van der Waals surface area contributed by atoms with Gasteiger partial charge in [0.1, 0.15) is 4.90 Å². The Morgan fingerprint density at radius 3 is 3.00 bits per heavy atom. The third kappa shape index (κ3) is 2.36.